The van der Waals surface area contributed by atoms with Gasteiger partial charge in [-0.05, 0) is 63.4 Å². The Morgan fingerprint density at radius 2 is 2.00 bits per heavy atom. The van der Waals surface area contributed by atoms with E-state index in [0.29, 0.717) is 5.92 Å². The van der Waals surface area contributed by atoms with Crippen molar-refractivity contribution in [2.24, 2.45) is 5.92 Å². The largest absolute Gasteiger partial charge is 0.312 e. The molecule has 0 saturated carbocycles. The lowest BCUT2D eigenvalue weighted by atomic mass is 9.99. The van der Waals surface area contributed by atoms with Gasteiger partial charge in [0.1, 0.15) is 5.82 Å². The van der Waals surface area contributed by atoms with E-state index < -0.39 is 0 Å². The summed E-state index contributed by atoms with van der Waals surface area (Å²) in [5.41, 5.74) is 1.17. The van der Waals surface area contributed by atoms with Crippen LogP contribution in [0.25, 0.3) is 0 Å². The van der Waals surface area contributed by atoms with E-state index >= 15 is 0 Å². The molecule has 0 aliphatic heterocycles. The lowest BCUT2D eigenvalue weighted by Gasteiger charge is -2.23. The Hall–Kier alpha value is -0.410. The fraction of sp³-hybridized carbons (Fsp3) is 0.571. The molecule has 0 spiro atoms. The van der Waals surface area contributed by atoms with E-state index in [0.717, 1.165) is 23.0 Å². The molecule has 0 amide bonds. The number of hydrogen-bond donors (Lipinski definition) is 1. The molecule has 96 valence electrons. The lowest BCUT2D eigenvalue weighted by Crippen LogP contribution is -2.39. The van der Waals surface area contributed by atoms with Gasteiger partial charge in [0.2, 0.25) is 0 Å². The van der Waals surface area contributed by atoms with Crippen molar-refractivity contribution in [1.29, 1.82) is 0 Å². The third kappa shape index (κ3) is 5.64. The average molecular weight is 302 g/mol. The summed E-state index contributed by atoms with van der Waals surface area (Å²) in [5.74, 6) is 0.312. The Bertz CT molecular complexity index is 371. The minimum atomic E-state index is -0.167. The van der Waals surface area contributed by atoms with Gasteiger partial charge in [-0.1, -0.05) is 22.9 Å². The minimum absolute atomic E-state index is 0.132. The van der Waals surface area contributed by atoms with Gasteiger partial charge in [-0.2, -0.15) is 0 Å². The van der Waals surface area contributed by atoms with Crippen molar-refractivity contribution in [3.63, 3.8) is 0 Å². The van der Waals surface area contributed by atoms with Crippen molar-refractivity contribution in [3.8, 4) is 0 Å². The topological polar surface area (TPSA) is 12.0 Å². The van der Waals surface area contributed by atoms with Gasteiger partial charge in [0.25, 0.3) is 0 Å². The number of benzene rings is 1. The molecule has 0 radical (unpaired) electrons. The normalized spacial score (nSPS) is 13.8. The van der Waals surface area contributed by atoms with Crippen LogP contribution in [0.2, 0.25) is 0 Å². The molecule has 1 aromatic rings. The molecule has 3 heteroatoms. The van der Waals surface area contributed by atoms with Gasteiger partial charge in [0, 0.05) is 10.0 Å². The third-order valence-electron chi connectivity index (χ3n) is 2.56. The van der Waals surface area contributed by atoms with Crippen molar-refractivity contribution >= 4 is 15.9 Å². The summed E-state index contributed by atoms with van der Waals surface area (Å²) in [4.78, 5) is 0. The number of hydrogen-bond acceptors (Lipinski definition) is 1. The first-order chi connectivity index (χ1) is 7.78. The minimum Gasteiger partial charge on any atom is -0.312 e. The second kappa shape index (κ2) is 5.96. The van der Waals surface area contributed by atoms with Gasteiger partial charge >= 0.3 is 0 Å². The molecule has 1 atom stereocenters. The van der Waals surface area contributed by atoms with E-state index in [1.807, 2.05) is 0 Å². The van der Waals surface area contributed by atoms with Crippen molar-refractivity contribution in [2.45, 2.75) is 39.7 Å². The average Bonchev–Trinajstić information content (AvgIpc) is 2.20. The molecule has 0 bridgehead atoms. The maximum atomic E-state index is 13.1. The summed E-state index contributed by atoms with van der Waals surface area (Å²) >= 11 is 3.46. The molecule has 0 fully saturated rings. The number of rotatable bonds is 4. The van der Waals surface area contributed by atoms with E-state index in [9.17, 15) is 4.39 Å². The summed E-state index contributed by atoms with van der Waals surface area (Å²) in [6, 6.07) is 4.86. The molecule has 0 aliphatic carbocycles. The zero-order valence-electron chi connectivity index (χ0n) is 11.0. The fourth-order valence-corrected chi connectivity index (χ4v) is 2.04. The highest BCUT2D eigenvalue weighted by Crippen LogP contribution is 2.21. The Balaban J connectivity index is 2.56. The maximum absolute atomic E-state index is 13.1. The van der Waals surface area contributed by atoms with E-state index in [2.05, 4.69) is 48.9 Å². The molecule has 17 heavy (non-hydrogen) atoms. The number of halogens is 2. The molecule has 1 unspecified atom stereocenters. The highest BCUT2D eigenvalue weighted by Gasteiger charge is 2.12. The second-order valence-corrected chi connectivity index (χ2v) is 6.53. The standard InChI is InChI=1S/C14H21BrFN/c1-10(9-17-14(2,3)4)7-11-8-12(16)5-6-13(11)15/h5-6,8,10,17H,7,9H2,1-4H3. The molecule has 1 rings (SSSR count). The molecule has 0 heterocycles. The Labute approximate surface area is 112 Å². The first-order valence-electron chi connectivity index (χ1n) is 5.97. The van der Waals surface area contributed by atoms with Gasteiger partial charge in [0.05, 0.1) is 0 Å². The van der Waals surface area contributed by atoms with Crippen LogP contribution in [0.1, 0.15) is 33.3 Å². The van der Waals surface area contributed by atoms with E-state index in [4.69, 9.17) is 0 Å². The van der Waals surface area contributed by atoms with Crippen LogP contribution in [0.5, 0.6) is 0 Å². The first-order valence-corrected chi connectivity index (χ1v) is 6.76. The van der Waals surface area contributed by atoms with Crippen LogP contribution < -0.4 is 5.32 Å². The zero-order chi connectivity index (χ0) is 13.1. The quantitative estimate of drug-likeness (QED) is 0.881. The van der Waals surface area contributed by atoms with Crippen molar-refractivity contribution in [2.75, 3.05) is 6.54 Å². The summed E-state index contributed by atoms with van der Waals surface area (Å²) in [6.07, 6.45) is 0.876. The Morgan fingerprint density at radius 1 is 1.35 bits per heavy atom. The molecule has 1 nitrogen and oxygen atoms in total. The monoisotopic (exact) mass is 301 g/mol. The SMILES string of the molecule is CC(CNC(C)(C)C)Cc1cc(F)ccc1Br. The zero-order valence-corrected chi connectivity index (χ0v) is 12.6. The van der Waals surface area contributed by atoms with E-state index in [1.54, 1.807) is 12.1 Å². The van der Waals surface area contributed by atoms with Crippen LogP contribution in [0.3, 0.4) is 0 Å². The van der Waals surface area contributed by atoms with Crippen LogP contribution in [0.4, 0.5) is 4.39 Å². The van der Waals surface area contributed by atoms with Crippen LogP contribution in [-0.2, 0) is 6.42 Å². The van der Waals surface area contributed by atoms with Crippen LogP contribution in [0.15, 0.2) is 22.7 Å². The highest BCUT2D eigenvalue weighted by atomic mass is 79.9. The predicted octanol–water partition coefficient (Wildman–Crippen LogP) is 4.15. The summed E-state index contributed by atoms with van der Waals surface area (Å²) < 4.78 is 14.1. The smallest absolute Gasteiger partial charge is 0.123 e. The van der Waals surface area contributed by atoms with Gasteiger partial charge in [-0.3, -0.25) is 0 Å². The Morgan fingerprint density at radius 3 is 2.59 bits per heavy atom. The Kier molecular flexibility index (Phi) is 5.14. The summed E-state index contributed by atoms with van der Waals surface area (Å²) in [6.45, 7) is 9.57. The third-order valence-corrected chi connectivity index (χ3v) is 3.33. The lowest BCUT2D eigenvalue weighted by molar-refractivity contribution is 0.381. The molecular formula is C14H21BrFN. The fourth-order valence-electron chi connectivity index (χ4n) is 1.63. The van der Waals surface area contributed by atoms with E-state index in [-0.39, 0.29) is 11.4 Å². The maximum Gasteiger partial charge on any atom is 0.123 e. The van der Waals surface area contributed by atoms with Crippen molar-refractivity contribution in [3.05, 3.63) is 34.1 Å². The van der Waals surface area contributed by atoms with Crippen LogP contribution >= 0.6 is 15.9 Å². The van der Waals surface area contributed by atoms with Gasteiger partial charge in [-0.15, -0.1) is 0 Å². The van der Waals surface area contributed by atoms with Gasteiger partial charge < -0.3 is 5.32 Å². The second-order valence-electron chi connectivity index (χ2n) is 5.68. The molecule has 0 aliphatic rings. The van der Waals surface area contributed by atoms with Crippen LogP contribution in [-0.4, -0.2) is 12.1 Å². The molecule has 1 aromatic carbocycles. The predicted molar refractivity (Wildman–Crippen MR) is 74.7 cm³/mol. The van der Waals surface area contributed by atoms with E-state index in [1.165, 1.54) is 6.07 Å². The van der Waals surface area contributed by atoms with Crippen molar-refractivity contribution in [1.82, 2.24) is 5.32 Å². The van der Waals surface area contributed by atoms with Gasteiger partial charge in [0.15, 0.2) is 0 Å². The first kappa shape index (κ1) is 14.7. The molecule has 0 aromatic heterocycles. The van der Waals surface area contributed by atoms with Crippen molar-refractivity contribution < 1.29 is 4.39 Å². The molecule has 0 saturated heterocycles. The number of nitrogens with one attached hydrogen (secondary N) is 1. The van der Waals surface area contributed by atoms with Gasteiger partial charge in [-0.25, -0.2) is 4.39 Å². The summed E-state index contributed by atoms with van der Waals surface area (Å²) in [5, 5.41) is 3.47. The highest BCUT2D eigenvalue weighted by molar-refractivity contribution is 9.10. The molecule has 1 N–H and O–H groups in total. The molecular weight excluding hydrogens is 281 g/mol. The summed E-state index contributed by atoms with van der Waals surface area (Å²) in [7, 11) is 0. The van der Waals surface area contributed by atoms with Crippen LogP contribution in [0, 0.1) is 11.7 Å².